The molecule has 0 spiro atoms. The Balaban J connectivity index is 1.71. The van der Waals surface area contributed by atoms with Crippen molar-refractivity contribution in [2.75, 3.05) is 33.9 Å². The fraction of sp³-hybridized carbons (Fsp3) is 0.348. The van der Waals surface area contributed by atoms with E-state index in [1.807, 2.05) is 61.3 Å². The number of furan rings is 1. The van der Waals surface area contributed by atoms with Crippen LogP contribution in [0.2, 0.25) is 0 Å². The van der Waals surface area contributed by atoms with Crippen molar-refractivity contribution < 1.29 is 19.0 Å². The van der Waals surface area contributed by atoms with Gasteiger partial charge in [-0.1, -0.05) is 24.3 Å². The van der Waals surface area contributed by atoms with Crippen molar-refractivity contribution in [1.82, 2.24) is 10.2 Å². The highest BCUT2D eigenvalue weighted by molar-refractivity contribution is 5.80. The normalized spacial score (nSPS) is 11.5. The molecule has 0 atom stereocenters. The standard InChI is InChI=1S/C23H29N3O4/c1-4-24-23(26(2)16-19-14-18-7-5-6-8-20(18)30-19)25-15-17-9-10-21(29-12-11-27)22(13-17)28-3/h5-10,13-14,27H,4,11-12,15-16H2,1-3H3,(H,24,25). The second-order valence-electron chi connectivity index (χ2n) is 6.83. The van der Waals surface area contributed by atoms with E-state index in [-0.39, 0.29) is 13.2 Å². The number of guanidine groups is 1. The molecule has 0 bridgehead atoms. The highest BCUT2D eigenvalue weighted by Gasteiger charge is 2.11. The average molecular weight is 412 g/mol. The monoisotopic (exact) mass is 411 g/mol. The number of ether oxygens (including phenoxy) is 2. The number of aliphatic imine (C=N–C) groups is 1. The summed E-state index contributed by atoms with van der Waals surface area (Å²) < 4.78 is 16.8. The zero-order chi connectivity index (χ0) is 21.3. The molecule has 0 amide bonds. The molecule has 1 aromatic heterocycles. The molecular formula is C23H29N3O4. The zero-order valence-electron chi connectivity index (χ0n) is 17.7. The second kappa shape index (κ2) is 10.5. The number of rotatable bonds is 9. The number of nitrogens with one attached hydrogen (secondary N) is 1. The summed E-state index contributed by atoms with van der Waals surface area (Å²) >= 11 is 0. The maximum Gasteiger partial charge on any atom is 0.194 e. The van der Waals surface area contributed by atoms with Crippen LogP contribution in [0.1, 0.15) is 18.2 Å². The van der Waals surface area contributed by atoms with Gasteiger partial charge in [-0.25, -0.2) is 4.99 Å². The minimum atomic E-state index is -0.0428. The van der Waals surface area contributed by atoms with Crippen molar-refractivity contribution in [3.05, 3.63) is 59.9 Å². The van der Waals surface area contributed by atoms with Crippen molar-refractivity contribution in [1.29, 1.82) is 0 Å². The van der Waals surface area contributed by atoms with Gasteiger partial charge in [0.2, 0.25) is 0 Å². The number of fused-ring (bicyclic) bond motifs is 1. The highest BCUT2D eigenvalue weighted by atomic mass is 16.5. The van der Waals surface area contributed by atoms with E-state index in [0.717, 1.165) is 34.8 Å². The molecule has 30 heavy (non-hydrogen) atoms. The molecule has 0 fully saturated rings. The fourth-order valence-electron chi connectivity index (χ4n) is 3.14. The van der Waals surface area contributed by atoms with Crippen molar-refractivity contribution in [2.24, 2.45) is 4.99 Å². The number of aliphatic hydroxyl groups is 1. The van der Waals surface area contributed by atoms with Crippen molar-refractivity contribution >= 4 is 16.9 Å². The minimum Gasteiger partial charge on any atom is -0.493 e. The minimum absolute atomic E-state index is 0.0428. The van der Waals surface area contributed by atoms with Crippen LogP contribution in [0.5, 0.6) is 11.5 Å². The molecule has 7 nitrogen and oxygen atoms in total. The van der Waals surface area contributed by atoms with Crippen molar-refractivity contribution in [2.45, 2.75) is 20.0 Å². The van der Waals surface area contributed by atoms with Gasteiger partial charge >= 0.3 is 0 Å². The topological polar surface area (TPSA) is 79.5 Å². The molecule has 1 heterocycles. The fourth-order valence-corrected chi connectivity index (χ4v) is 3.14. The molecule has 3 aromatic rings. The van der Waals surface area contributed by atoms with Crippen LogP contribution in [-0.2, 0) is 13.1 Å². The molecule has 2 N–H and O–H groups in total. The van der Waals surface area contributed by atoms with Gasteiger partial charge in [-0.2, -0.15) is 0 Å². The van der Waals surface area contributed by atoms with Gasteiger partial charge < -0.3 is 29.2 Å². The summed E-state index contributed by atoms with van der Waals surface area (Å²) in [5.41, 5.74) is 1.88. The second-order valence-corrected chi connectivity index (χ2v) is 6.83. The summed E-state index contributed by atoms with van der Waals surface area (Å²) in [7, 11) is 3.58. The number of hydrogen-bond acceptors (Lipinski definition) is 5. The Kier molecular flexibility index (Phi) is 7.57. The molecular weight excluding hydrogens is 382 g/mol. The Hall–Kier alpha value is -3.19. The molecule has 0 unspecified atom stereocenters. The van der Waals surface area contributed by atoms with Gasteiger partial charge in [0.15, 0.2) is 17.5 Å². The number of hydrogen-bond donors (Lipinski definition) is 2. The number of aliphatic hydroxyl groups excluding tert-OH is 1. The van der Waals surface area contributed by atoms with Gasteiger partial charge in [-0.05, 0) is 36.8 Å². The first kappa shape index (κ1) is 21.5. The zero-order valence-corrected chi connectivity index (χ0v) is 17.7. The van der Waals surface area contributed by atoms with Crippen LogP contribution in [0.15, 0.2) is 57.9 Å². The maximum absolute atomic E-state index is 8.94. The Morgan fingerprint density at radius 3 is 2.73 bits per heavy atom. The number of benzene rings is 2. The lowest BCUT2D eigenvalue weighted by Gasteiger charge is -2.21. The Morgan fingerprint density at radius 1 is 1.17 bits per heavy atom. The van der Waals surface area contributed by atoms with E-state index in [0.29, 0.717) is 24.6 Å². The summed E-state index contributed by atoms with van der Waals surface area (Å²) in [6.45, 7) is 4.09. The molecule has 0 saturated heterocycles. The molecule has 0 radical (unpaired) electrons. The SMILES string of the molecule is CCNC(=NCc1ccc(OCCO)c(OC)c1)N(C)Cc1cc2ccccc2o1. The van der Waals surface area contributed by atoms with Crippen LogP contribution in [-0.4, -0.2) is 49.9 Å². The lowest BCUT2D eigenvalue weighted by atomic mass is 10.2. The third kappa shape index (κ3) is 5.45. The first-order valence-corrected chi connectivity index (χ1v) is 10.0. The van der Waals surface area contributed by atoms with Crippen LogP contribution in [0, 0.1) is 0 Å². The van der Waals surface area contributed by atoms with Gasteiger partial charge in [-0.15, -0.1) is 0 Å². The molecule has 2 aromatic carbocycles. The molecule has 160 valence electrons. The smallest absolute Gasteiger partial charge is 0.194 e. The van der Waals surface area contributed by atoms with E-state index in [9.17, 15) is 0 Å². The van der Waals surface area contributed by atoms with Gasteiger partial charge in [0.05, 0.1) is 26.8 Å². The largest absolute Gasteiger partial charge is 0.493 e. The molecule has 3 rings (SSSR count). The Bertz CT molecular complexity index is 950. The van der Waals surface area contributed by atoms with E-state index in [1.165, 1.54) is 0 Å². The highest BCUT2D eigenvalue weighted by Crippen LogP contribution is 2.28. The summed E-state index contributed by atoms with van der Waals surface area (Å²) in [5.74, 6) is 2.90. The van der Waals surface area contributed by atoms with E-state index in [4.69, 9.17) is 24.0 Å². The first-order chi connectivity index (χ1) is 14.6. The predicted octanol–water partition coefficient (Wildman–Crippen LogP) is 3.41. The molecule has 0 saturated carbocycles. The summed E-state index contributed by atoms with van der Waals surface area (Å²) in [4.78, 5) is 6.79. The van der Waals surface area contributed by atoms with E-state index in [2.05, 4.69) is 11.4 Å². The van der Waals surface area contributed by atoms with Crippen LogP contribution < -0.4 is 14.8 Å². The summed E-state index contributed by atoms with van der Waals surface area (Å²) in [6, 6.07) is 15.7. The Labute approximate surface area is 176 Å². The average Bonchev–Trinajstić information content (AvgIpc) is 3.17. The van der Waals surface area contributed by atoms with Gasteiger partial charge in [0, 0.05) is 19.0 Å². The third-order valence-corrected chi connectivity index (χ3v) is 4.55. The summed E-state index contributed by atoms with van der Waals surface area (Å²) in [6.07, 6.45) is 0. The van der Waals surface area contributed by atoms with Gasteiger partial charge in [-0.3, -0.25) is 0 Å². The van der Waals surface area contributed by atoms with Gasteiger partial charge in [0.1, 0.15) is 18.0 Å². The van der Waals surface area contributed by atoms with Gasteiger partial charge in [0.25, 0.3) is 0 Å². The predicted molar refractivity (Wildman–Crippen MR) is 118 cm³/mol. The molecule has 7 heteroatoms. The van der Waals surface area contributed by atoms with Crippen LogP contribution in [0.4, 0.5) is 0 Å². The molecule has 0 aliphatic rings. The summed E-state index contributed by atoms with van der Waals surface area (Å²) in [5, 5.41) is 13.4. The first-order valence-electron chi connectivity index (χ1n) is 10.0. The third-order valence-electron chi connectivity index (χ3n) is 4.55. The van der Waals surface area contributed by atoms with Crippen LogP contribution in [0.3, 0.4) is 0 Å². The van der Waals surface area contributed by atoms with Crippen LogP contribution in [0.25, 0.3) is 11.0 Å². The lowest BCUT2D eigenvalue weighted by Crippen LogP contribution is -2.38. The maximum atomic E-state index is 8.94. The Morgan fingerprint density at radius 2 is 2.00 bits per heavy atom. The number of methoxy groups -OCH3 is 1. The lowest BCUT2D eigenvalue weighted by molar-refractivity contribution is 0.196. The number of nitrogens with zero attached hydrogens (tertiary/aromatic N) is 2. The number of para-hydroxylation sites is 1. The van der Waals surface area contributed by atoms with Crippen molar-refractivity contribution in [3.8, 4) is 11.5 Å². The molecule has 0 aliphatic heterocycles. The van der Waals surface area contributed by atoms with E-state index >= 15 is 0 Å². The quantitative estimate of drug-likeness (QED) is 0.415. The van der Waals surface area contributed by atoms with E-state index in [1.54, 1.807) is 7.11 Å². The molecule has 0 aliphatic carbocycles. The van der Waals surface area contributed by atoms with Crippen LogP contribution >= 0.6 is 0 Å². The van der Waals surface area contributed by atoms with Crippen molar-refractivity contribution in [3.63, 3.8) is 0 Å². The van der Waals surface area contributed by atoms with E-state index < -0.39 is 0 Å².